The van der Waals surface area contributed by atoms with E-state index in [1.165, 1.54) is 12.1 Å². The minimum atomic E-state index is -4.92. The van der Waals surface area contributed by atoms with Crippen molar-refractivity contribution >= 4 is 19.9 Å². The fraction of sp³-hybridized carbons (Fsp3) is 0.308. The van der Waals surface area contributed by atoms with Crippen LogP contribution in [0.4, 0.5) is 23.7 Å². The van der Waals surface area contributed by atoms with Gasteiger partial charge in [0, 0.05) is 0 Å². The van der Waals surface area contributed by atoms with Crippen molar-refractivity contribution in [3.63, 3.8) is 0 Å². The molecule has 0 saturated carbocycles. The number of carboxylic acid groups (broad SMARTS) is 1. The maximum absolute atomic E-state index is 12.3. The van der Waals surface area contributed by atoms with Crippen LogP contribution in [-0.2, 0) is 0 Å². The van der Waals surface area contributed by atoms with Crippen molar-refractivity contribution in [3.8, 4) is 17.2 Å². The number of carbonyl (C=O) groups is 1. The fourth-order valence-electron chi connectivity index (χ4n) is 1.34. The molecular formula is C13H14F3NO3Si. The van der Waals surface area contributed by atoms with Crippen molar-refractivity contribution in [1.82, 2.24) is 0 Å². The molecule has 0 fully saturated rings. The van der Waals surface area contributed by atoms with Crippen LogP contribution in [-0.4, -0.2) is 25.6 Å². The summed E-state index contributed by atoms with van der Waals surface area (Å²) < 4.78 is 40.8. The molecule has 2 N–H and O–H groups in total. The van der Waals surface area contributed by atoms with Crippen molar-refractivity contribution in [1.29, 1.82) is 0 Å². The first kappa shape index (κ1) is 16.9. The molecule has 0 heterocycles. The number of para-hydroxylation sites is 1. The molecule has 1 aromatic rings. The van der Waals surface area contributed by atoms with E-state index in [1.54, 1.807) is 0 Å². The lowest BCUT2D eigenvalue weighted by atomic mass is 10.1. The van der Waals surface area contributed by atoms with Gasteiger partial charge in [0.2, 0.25) is 0 Å². The number of nitrogens with one attached hydrogen (secondary N) is 1. The minimum Gasteiger partial charge on any atom is -0.465 e. The Hall–Kier alpha value is -2.14. The number of alkyl halides is 3. The molecule has 0 bridgehead atoms. The quantitative estimate of drug-likeness (QED) is 0.642. The van der Waals surface area contributed by atoms with Crippen molar-refractivity contribution in [2.75, 3.05) is 5.32 Å². The van der Waals surface area contributed by atoms with E-state index in [0.717, 1.165) is 6.07 Å². The number of ether oxygens (including phenoxy) is 1. The molecule has 8 heteroatoms. The van der Waals surface area contributed by atoms with Gasteiger partial charge in [0.25, 0.3) is 0 Å². The average molecular weight is 317 g/mol. The molecule has 0 aliphatic heterocycles. The SMILES string of the molecule is C[Si](C)(C)C#Cc1cccc(OC(F)(F)F)c1NC(=O)O. The number of hydrogen-bond donors (Lipinski definition) is 2. The first-order valence-electron chi connectivity index (χ1n) is 5.90. The summed E-state index contributed by atoms with van der Waals surface area (Å²) in [5.41, 5.74) is 2.79. The Balaban J connectivity index is 3.32. The highest BCUT2D eigenvalue weighted by molar-refractivity contribution is 6.83. The smallest absolute Gasteiger partial charge is 0.465 e. The molecule has 0 spiro atoms. The second kappa shape index (κ2) is 6.09. The van der Waals surface area contributed by atoms with Crippen LogP contribution in [0.15, 0.2) is 18.2 Å². The van der Waals surface area contributed by atoms with Crippen molar-refractivity contribution in [3.05, 3.63) is 23.8 Å². The summed E-state index contributed by atoms with van der Waals surface area (Å²) in [6.07, 6.45) is -6.41. The molecule has 0 saturated heterocycles. The zero-order chi connectivity index (χ0) is 16.3. The van der Waals surface area contributed by atoms with Gasteiger partial charge < -0.3 is 9.84 Å². The topological polar surface area (TPSA) is 58.6 Å². The van der Waals surface area contributed by atoms with E-state index in [4.69, 9.17) is 5.11 Å². The number of rotatable bonds is 2. The van der Waals surface area contributed by atoms with Gasteiger partial charge in [-0.3, -0.25) is 5.32 Å². The monoisotopic (exact) mass is 317 g/mol. The number of halogens is 3. The van der Waals surface area contributed by atoms with Gasteiger partial charge in [-0.2, -0.15) is 0 Å². The summed E-state index contributed by atoms with van der Waals surface area (Å²) in [6, 6.07) is 3.78. The number of benzene rings is 1. The van der Waals surface area contributed by atoms with Gasteiger partial charge in [0.1, 0.15) is 13.8 Å². The maximum atomic E-state index is 12.3. The Bertz CT molecular complexity index is 597. The van der Waals surface area contributed by atoms with E-state index in [9.17, 15) is 18.0 Å². The van der Waals surface area contributed by atoms with E-state index >= 15 is 0 Å². The molecule has 0 aliphatic carbocycles. The van der Waals surface area contributed by atoms with E-state index < -0.39 is 26.3 Å². The van der Waals surface area contributed by atoms with Crippen LogP contribution in [0.25, 0.3) is 0 Å². The molecule has 1 aromatic carbocycles. The number of hydrogen-bond acceptors (Lipinski definition) is 2. The summed E-state index contributed by atoms with van der Waals surface area (Å²) in [6.45, 7) is 5.88. The third-order valence-corrected chi connectivity index (χ3v) is 2.93. The number of amides is 1. The first-order valence-corrected chi connectivity index (χ1v) is 9.40. The minimum absolute atomic E-state index is 0.140. The lowest BCUT2D eigenvalue weighted by Crippen LogP contribution is -2.20. The van der Waals surface area contributed by atoms with Crippen molar-refractivity contribution in [2.24, 2.45) is 0 Å². The number of anilines is 1. The predicted octanol–water partition coefficient (Wildman–Crippen LogP) is 3.90. The normalized spacial score (nSPS) is 11.3. The lowest BCUT2D eigenvalue weighted by molar-refractivity contribution is -0.274. The average Bonchev–Trinajstić information content (AvgIpc) is 2.26. The molecule has 0 unspecified atom stereocenters. The summed E-state index contributed by atoms with van der Waals surface area (Å²) in [7, 11) is -1.77. The van der Waals surface area contributed by atoms with Gasteiger partial charge in [-0.25, -0.2) is 4.79 Å². The Morgan fingerprint density at radius 1 is 1.33 bits per heavy atom. The standard InChI is InChI=1S/C13H14F3NO3Si/c1-21(2,3)8-7-9-5-4-6-10(20-13(14,15)16)11(9)17-12(18)19/h4-6,17H,1-3H3,(H,18,19). The fourth-order valence-corrected chi connectivity index (χ4v) is 1.85. The Kier molecular flexibility index (Phi) is 4.91. The highest BCUT2D eigenvalue weighted by Gasteiger charge is 2.32. The molecule has 21 heavy (non-hydrogen) atoms. The molecule has 1 amide bonds. The van der Waals surface area contributed by atoms with Crippen LogP contribution in [0.1, 0.15) is 5.56 Å². The van der Waals surface area contributed by atoms with Gasteiger partial charge >= 0.3 is 12.5 Å². The van der Waals surface area contributed by atoms with Crippen LogP contribution < -0.4 is 10.1 Å². The van der Waals surface area contributed by atoms with E-state index in [1.807, 2.05) is 25.0 Å². The van der Waals surface area contributed by atoms with E-state index in [-0.39, 0.29) is 11.3 Å². The Morgan fingerprint density at radius 2 is 1.95 bits per heavy atom. The van der Waals surface area contributed by atoms with Crippen molar-refractivity contribution in [2.45, 2.75) is 26.0 Å². The summed E-state index contributed by atoms with van der Waals surface area (Å²) in [5, 5.41) is 10.7. The predicted molar refractivity (Wildman–Crippen MR) is 75.0 cm³/mol. The molecular weight excluding hydrogens is 303 g/mol. The summed E-state index contributed by atoms with van der Waals surface area (Å²) in [4.78, 5) is 10.8. The summed E-state index contributed by atoms with van der Waals surface area (Å²) in [5.74, 6) is 2.09. The Labute approximate surface area is 120 Å². The van der Waals surface area contributed by atoms with Crippen LogP contribution in [0.3, 0.4) is 0 Å². The second-order valence-electron chi connectivity index (χ2n) is 5.16. The molecule has 1 rings (SSSR count). The van der Waals surface area contributed by atoms with Crippen LogP contribution in [0.5, 0.6) is 5.75 Å². The van der Waals surface area contributed by atoms with Gasteiger partial charge in [0.05, 0.1) is 5.56 Å². The highest BCUT2D eigenvalue weighted by atomic mass is 28.3. The summed E-state index contributed by atoms with van der Waals surface area (Å²) >= 11 is 0. The first-order chi connectivity index (χ1) is 9.48. The second-order valence-corrected chi connectivity index (χ2v) is 9.91. The maximum Gasteiger partial charge on any atom is 0.573 e. The van der Waals surface area contributed by atoms with Crippen LogP contribution in [0, 0.1) is 11.5 Å². The largest absolute Gasteiger partial charge is 0.573 e. The third-order valence-electron chi connectivity index (χ3n) is 2.06. The van der Waals surface area contributed by atoms with Crippen LogP contribution >= 0.6 is 0 Å². The van der Waals surface area contributed by atoms with Gasteiger partial charge in [0.15, 0.2) is 5.75 Å². The molecule has 114 valence electrons. The van der Waals surface area contributed by atoms with Crippen LogP contribution in [0.2, 0.25) is 19.6 Å². The highest BCUT2D eigenvalue weighted by Crippen LogP contribution is 2.32. The zero-order valence-corrected chi connectivity index (χ0v) is 12.6. The van der Waals surface area contributed by atoms with Gasteiger partial charge in [-0.15, -0.1) is 18.7 Å². The lowest BCUT2D eigenvalue weighted by Gasteiger charge is -2.14. The van der Waals surface area contributed by atoms with Gasteiger partial charge in [-0.1, -0.05) is 31.6 Å². The van der Waals surface area contributed by atoms with E-state index in [0.29, 0.717) is 0 Å². The zero-order valence-electron chi connectivity index (χ0n) is 11.6. The van der Waals surface area contributed by atoms with E-state index in [2.05, 4.69) is 16.2 Å². The molecule has 0 aromatic heterocycles. The molecule has 0 atom stereocenters. The molecule has 4 nitrogen and oxygen atoms in total. The molecule has 0 radical (unpaired) electrons. The third kappa shape index (κ3) is 6.22. The van der Waals surface area contributed by atoms with Crippen molar-refractivity contribution < 1.29 is 27.8 Å². The van der Waals surface area contributed by atoms with Gasteiger partial charge in [-0.05, 0) is 12.1 Å². The molecule has 0 aliphatic rings. The Morgan fingerprint density at radius 3 is 2.43 bits per heavy atom.